The zero-order valence-electron chi connectivity index (χ0n) is 11.2. The SMILES string of the molecule is O=c1[nH][nH]c(-c2cccc(O)c2)c1N=Nc1ccccc1Br. The Labute approximate surface area is 133 Å². The number of aromatic amines is 2. The van der Waals surface area contributed by atoms with Crippen molar-refractivity contribution in [1.29, 1.82) is 0 Å². The van der Waals surface area contributed by atoms with Crippen molar-refractivity contribution in [2.75, 3.05) is 0 Å². The molecule has 0 amide bonds. The molecule has 3 rings (SSSR count). The van der Waals surface area contributed by atoms with Crippen LogP contribution in [-0.2, 0) is 0 Å². The van der Waals surface area contributed by atoms with Crippen molar-refractivity contribution in [3.63, 3.8) is 0 Å². The average molecular weight is 359 g/mol. The van der Waals surface area contributed by atoms with E-state index in [1.54, 1.807) is 24.3 Å². The summed E-state index contributed by atoms with van der Waals surface area (Å²) in [5.41, 5.74) is 1.50. The van der Waals surface area contributed by atoms with Gasteiger partial charge in [-0.2, -0.15) is 0 Å². The summed E-state index contributed by atoms with van der Waals surface area (Å²) in [6, 6.07) is 13.9. The van der Waals surface area contributed by atoms with Crippen LogP contribution >= 0.6 is 15.9 Å². The minimum Gasteiger partial charge on any atom is -0.508 e. The van der Waals surface area contributed by atoms with Crippen molar-refractivity contribution >= 4 is 27.3 Å². The molecular weight excluding hydrogens is 348 g/mol. The van der Waals surface area contributed by atoms with E-state index in [0.717, 1.165) is 4.47 Å². The Kier molecular flexibility index (Phi) is 3.88. The van der Waals surface area contributed by atoms with E-state index in [-0.39, 0.29) is 17.0 Å². The lowest BCUT2D eigenvalue weighted by atomic mass is 10.1. The number of nitrogens with one attached hydrogen (secondary N) is 2. The number of hydrogen-bond donors (Lipinski definition) is 3. The Morgan fingerprint density at radius 3 is 2.59 bits per heavy atom. The van der Waals surface area contributed by atoms with Gasteiger partial charge >= 0.3 is 0 Å². The molecule has 2 aromatic carbocycles. The second-order valence-electron chi connectivity index (χ2n) is 4.50. The highest BCUT2D eigenvalue weighted by Gasteiger charge is 2.12. The minimum absolute atomic E-state index is 0.105. The molecule has 0 aliphatic carbocycles. The van der Waals surface area contributed by atoms with Gasteiger partial charge in [0.25, 0.3) is 5.56 Å². The van der Waals surface area contributed by atoms with E-state index >= 15 is 0 Å². The van der Waals surface area contributed by atoms with E-state index in [1.165, 1.54) is 6.07 Å². The molecule has 0 aliphatic heterocycles. The molecular formula is C15H11BrN4O2. The lowest BCUT2D eigenvalue weighted by Crippen LogP contribution is -1.96. The van der Waals surface area contributed by atoms with Gasteiger partial charge in [0, 0.05) is 10.0 Å². The second-order valence-corrected chi connectivity index (χ2v) is 5.36. The first-order valence-corrected chi connectivity index (χ1v) is 7.21. The molecule has 110 valence electrons. The summed E-state index contributed by atoms with van der Waals surface area (Å²) in [5, 5.41) is 22.9. The monoisotopic (exact) mass is 358 g/mol. The highest BCUT2D eigenvalue weighted by molar-refractivity contribution is 9.10. The van der Waals surface area contributed by atoms with Gasteiger partial charge in [0.15, 0.2) is 5.69 Å². The maximum atomic E-state index is 11.9. The van der Waals surface area contributed by atoms with Crippen LogP contribution in [0.2, 0.25) is 0 Å². The van der Waals surface area contributed by atoms with E-state index < -0.39 is 0 Å². The summed E-state index contributed by atoms with van der Waals surface area (Å²) in [7, 11) is 0. The van der Waals surface area contributed by atoms with Gasteiger partial charge in [-0.05, 0) is 40.2 Å². The van der Waals surface area contributed by atoms with Crippen molar-refractivity contribution in [2.24, 2.45) is 10.2 Å². The van der Waals surface area contributed by atoms with Gasteiger partial charge in [-0.1, -0.05) is 24.3 Å². The van der Waals surface area contributed by atoms with Gasteiger partial charge in [-0.25, -0.2) is 0 Å². The molecule has 0 bridgehead atoms. The number of halogens is 1. The van der Waals surface area contributed by atoms with Crippen molar-refractivity contribution in [1.82, 2.24) is 10.2 Å². The predicted octanol–water partition coefficient (Wildman–Crippen LogP) is 4.25. The molecule has 22 heavy (non-hydrogen) atoms. The van der Waals surface area contributed by atoms with E-state index in [9.17, 15) is 9.90 Å². The number of hydrogen-bond acceptors (Lipinski definition) is 4. The van der Waals surface area contributed by atoms with Crippen LogP contribution in [0.25, 0.3) is 11.3 Å². The van der Waals surface area contributed by atoms with Crippen molar-refractivity contribution in [3.8, 4) is 17.0 Å². The first kappa shape index (κ1) is 14.3. The smallest absolute Gasteiger partial charge is 0.292 e. The van der Waals surface area contributed by atoms with Gasteiger partial charge in [0.05, 0.1) is 11.4 Å². The van der Waals surface area contributed by atoms with Gasteiger partial charge in [0.1, 0.15) is 5.75 Å². The third-order valence-electron chi connectivity index (χ3n) is 3.00. The Morgan fingerprint density at radius 1 is 1.00 bits per heavy atom. The van der Waals surface area contributed by atoms with Gasteiger partial charge in [-0.15, -0.1) is 10.2 Å². The number of aromatic nitrogens is 2. The molecule has 0 saturated carbocycles. The quantitative estimate of drug-likeness (QED) is 0.610. The zero-order chi connectivity index (χ0) is 15.5. The molecule has 0 atom stereocenters. The number of H-pyrrole nitrogens is 2. The van der Waals surface area contributed by atoms with Crippen LogP contribution in [0.3, 0.4) is 0 Å². The summed E-state index contributed by atoms with van der Waals surface area (Å²) in [4.78, 5) is 11.9. The Morgan fingerprint density at radius 2 is 1.82 bits per heavy atom. The van der Waals surface area contributed by atoms with Crippen LogP contribution in [0, 0.1) is 0 Å². The van der Waals surface area contributed by atoms with Gasteiger partial charge < -0.3 is 5.11 Å². The van der Waals surface area contributed by atoms with Crippen LogP contribution in [0.1, 0.15) is 0 Å². The number of phenols is 1. The van der Waals surface area contributed by atoms with Crippen molar-refractivity contribution in [2.45, 2.75) is 0 Å². The zero-order valence-corrected chi connectivity index (χ0v) is 12.8. The first-order valence-electron chi connectivity index (χ1n) is 6.41. The molecule has 0 aliphatic rings. The van der Waals surface area contributed by atoms with Gasteiger partial charge in [0.2, 0.25) is 0 Å². The third-order valence-corrected chi connectivity index (χ3v) is 3.67. The Balaban J connectivity index is 2.04. The lowest BCUT2D eigenvalue weighted by molar-refractivity contribution is 0.475. The molecule has 3 aromatic rings. The minimum atomic E-state index is -0.380. The summed E-state index contributed by atoms with van der Waals surface area (Å²) >= 11 is 3.37. The fraction of sp³-hybridized carbons (Fsp3) is 0. The molecule has 0 fully saturated rings. The Bertz CT molecular complexity index is 898. The summed E-state index contributed by atoms with van der Waals surface area (Å²) in [6.07, 6.45) is 0. The third kappa shape index (κ3) is 2.84. The number of rotatable bonds is 3. The molecule has 0 radical (unpaired) electrons. The van der Waals surface area contributed by atoms with Crippen molar-refractivity contribution in [3.05, 3.63) is 63.4 Å². The standard InChI is InChI=1S/C15H11BrN4O2/c16-11-6-1-2-7-12(11)17-19-14-13(18-20-15(14)22)9-4-3-5-10(21)8-9/h1-8,21H,(H2,18,20,22). The number of aromatic hydroxyl groups is 1. The maximum Gasteiger partial charge on any atom is 0.292 e. The van der Waals surface area contributed by atoms with Crippen LogP contribution < -0.4 is 5.56 Å². The highest BCUT2D eigenvalue weighted by atomic mass is 79.9. The number of benzene rings is 2. The normalized spacial score (nSPS) is 11.1. The number of azo groups is 1. The topological polar surface area (TPSA) is 93.6 Å². The fourth-order valence-electron chi connectivity index (χ4n) is 1.95. The van der Waals surface area contributed by atoms with Gasteiger partial charge in [-0.3, -0.25) is 15.0 Å². The second kappa shape index (κ2) is 5.98. The summed E-state index contributed by atoms with van der Waals surface area (Å²) in [5.74, 6) is 0.105. The largest absolute Gasteiger partial charge is 0.508 e. The number of nitrogens with zero attached hydrogens (tertiary/aromatic N) is 2. The van der Waals surface area contributed by atoms with E-state index in [2.05, 4.69) is 36.4 Å². The molecule has 6 nitrogen and oxygen atoms in total. The lowest BCUT2D eigenvalue weighted by Gasteiger charge is -2.00. The van der Waals surface area contributed by atoms with Crippen LogP contribution in [0.5, 0.6) is 5.75 Å². The van der Waals surface area contributed by atoms with Crippen molar-refractivity contribution < 1.29 is 5.11 Å². The van der Waals surface area contributed by atoms with Crippen LogP contribution in [-0.4, -0.2) is 15.3 Å². The van der Waals surface area contributed by atoms with Crippen LogP contribution in [0.4, 0.5) is 11.4 Å². The van der Waals surface area contributed by atoms with E-state index in [1.807, 2.05) is 18.2 Å². The molecule has 1 heterocycles. The van der Waals surface area contributed by atoms with E-state index in [4.69, 9.17) is 0 Å². The summed E-state index contributed by atoms with van der Waals surface area (Å²) in [6.45, 7) is 0. The van der Waals surface area contributed by atoms with Crippen LogP contribution in [0.15, 0.2) is 68.0 Å². The maximum absolute atomic E-state index is 11.9. The van der Waals surface area contributed by atoms with E-state index in [0.29, 0.717) is 16.9 Å². The fourth-order valence-corrected chi connectivity index (χ4v) is 2.32. The molecule has 0 spiro atoms. The Hall–Kier alpha value is -2.67. The molecule has 7 heteroatoms. The summed E-state index contributed by atoms with van der Waals surface area (Å²) < 4.78 is 0.782. The first-order chi connectivity index (χ1) is 10.6. The highest BCUT2D eigenvalue weighted by Crippen LogP contribution is 2.30. The average Bonchev–Trinajstić information content (AvgIpc) is 2.87. The molecule has 0 unspecified atom stereocenters. The predicted molar refractivity (Wildman–Crippen MR) is 86.8 cm³/mol. The molecule has 3 N–H and O–H groups in total. The molecule has 0 saturated heterocycles. The number of phenolic OH excluding ortho intramolecular Hbond substituents is 1. The molecule has 1 aromatic heterocycles.